The fourth-order valence-corrected chi connectivity index (χ4v) is 2.43. The molecule has 1 saturated carbocycles. The van der Waals surface area contributed by atoms with E-state index in [0.717, 1.165) is 12.0 Å². The third-order valence-electron chi connectivity index (χ3n) is 2.95. The predicted molar refractivity (Wildman–Crippen MR) is 59.3 cm³/mol. The van der Waals surface area contributed by atoms with Crippen LogP contribution in [0.5, 0.6) is 0 Å². The first-order valence-electron chi connectivity index (χ1n) is 5.03. The molecule has 2 N–H and O–H groups in total. The molecule has 0 amide bonds. The number of primary sulfonamides is 1. The normalized spacial score (nSPS) is 24.1. The average Bonchev–Trinajstić information content (AvgIpc) is 2.96. The lowest BCUT2D eigenvalue weighted by molar-refractivity contribution is -0.118. The second kappa shape index (κ2) is 3.68. The topological polar surface area (TPSA) is 77.2 Å². The van der Waals surface area contributed by atoms with Gasteiger partial charge in [0.2, 0.25) is 10.0 Å². The Hall–Kier alpha value is -1.20. The van der Waals surface area contributed by atoms with Gasteiger partial charge in [0, 0.05) is 5.92 Å². The zero-order valence-corrected chi connectivity index (χ0v) is 9.70. The van der Waals surface area contributed by atoms with Crippen molar-refractivity contribution in [2.24, 2.45) is 11.1 Å². The number of carbonyl (C=O) groups is 1. The first-order valence-corrected chi connectivity index (χ1v) is 6.57. The maximum atomic E-state index is 11.1. The van der Waals surface area contributed by atoms with Gasteiger partial charge in [-0.25, -0.2) is 13.6 Å². The molecule has 16 heavy (non-hydrogen) atoms. The second-order valence-corrected chi connectivity index (χ2v) is 5.73. The number of sulfonamides is 1. The molecule has 1 fully saturated rings. The molecule has 1 aromatic rings. The molecule has 1 aliphatic carbocycles. The molecule has 0 saturated heterocycles. The summed E-state index contributed by atoms with van der Waals surface area (Å²) in [4.78, 5) is 11.2. The smallest absolute Gasteiger partial charge is 0.238 e. The van der Waals surface area contributed by atoms with Crippen molar-refractivity contribution < 1.29 is 13.2 Å². The summed E-state index contributed by atoms with van der Waals surface area (Å²) in [6.45, 7) is 1.59. The number of rotatable bonds is 3. The van der Waals surface area contributed by atoms with E-state index < -0.39 is 10.0 Å². The Labute approximate surface area is 94.5 Å². The molecule has 0 unspecified atom stereocenters. The van der Waals surface area contributed by atoms with Gasteiger partial charge < -0.3 is 0 Å². The highest BCUT2D eigenvalue weighted by Gasteiger charge is 2.41. The number of hydrogen-bond acceptors (Lipinski definition) is 3. The molecular weight excluding hydrogens is 226 g/mol. The van der Waals surface area contributed by atoms with Crippen molar-refractivity contribution in [1.29, 1.82) is 0 Å². The van der Waals surface area contributed by atoms with E-state index in [0.29, 0.717) is 0 Å². The highest BCUT2D eigenvalue weighted by Crippen LogP contribution is 2.47. The Balaban J connectivity index is 2.19. The highest BCUT2D eigenvalue weighted by molar-refractivity contribution is 7.89. The van der Waals surface area contributed by atoms with Crippen molar-refractivity contribution in [2.75, 3.05) is 0 Å². The molecule has 5 heteroatoms. The summed E-state index contributed by atoms with van der Waals surface area (Å²) in [5.41, 5.74) is 1.01. The van der Waals surface area contributed by atoms with Gasteiger partial charge >= 0.3 is 0 Å². The first kappa shape index (κ1) is 11.3. The quantitative estimate of drug-likeness (QED) is 0.855. The van der Waals surface area contributed by atoms with Gasteiger partial charge in [0.05, 0.1) is 4.90 Å². The maximum absolute atomic E-state index is 11.1. The molecule has 0 aliphatic heterocycles. The zero-order valence-electron chi connectivity index (χ0n) is 8.88. The molecule has 1 aromatic carbocycles. The summed E-state index contributed by atoms with van der Waals surface area (Å²) < 4.78 is 22.1. The monoisotopic (exact) mass is 239 g/mol. The van der Waals surface area contributed by atoms with Crippen LogP contribution in [0.1, 0.15) is 24.8 Å². The molecule has 2 atom stereocenters. The van der Waals surface area contributed by atoms with Crippen LogP contribution < -0.4 is 5.14 Å². The number of carbonyl (C=O) groups excluding carboxylic acids is 1. The summed E-state index contributed by atoms with van der Waals surface area (Å²) in [6.07, 6.45) is 0.865. The number of Topliss-reactive ketones (excluding diaryl/α,β-unsaturated/α-hetero) is 1. The SMILES string of the molecule is CC(=O)[C@@H]1C[C@H]1c1ccc(S(N)(=O)=O)cc1. The van der Waals surface area contributed by atoms with Crippen LogP contribution in [0.4, 0.5) is 0 Å². The lowest BCUT2D eigenvalue weighted by atomic mass is 10.1. The minimum Gasteiger partial charge on any atom is -0.300 e. The van der Waals surface area contributed by atoms with Crippen LogP contribution in [-0.4, -0.2) is 14.2 Å². The fourth-order valence-electron chi connectivity index (χ4n) is 1.92. The number of ketones is 1. The largest absolute Gasteiger partial charge is 0.300 e. The summed E-state index contributed by atoms with van der Waals surface area (Å²) >= 11 is 0. The van der Waals surface area contributed by atoms with Crippen LogP contribution in [0.25, 0.3) is 0 Å². The maximum Gasteiger partial charge on any atom is 0.238 e. The van der Waals surface area contributed by atoms with Crippen molar-refractivity contribution in [3.63, 3.8) is 0 Å². The zero-order chi connectivity index (χ0) is 11.9. The standard InChI is InChI=1S/C11H13NO3S/c1-7(13)10-6-11(10)8-2-4-9(5-3-8)16(12,14)15/h2-5,10-11H,6H2,1H3,(H2,12,14,15)/t10-,11-/m0/s1. The summed E-state index contributed by atoms with van der Waals surface area (Å²) in [6, 6.07) is 6.43. The molecule has 0 aromatic heterocycles. The van der Waals surface area contributed by atoms with E-state index in [1.54, 1.807) is 19.1 Å². The minimum atomic E-state index is -3.62. The highest BCUT2D eigenvalue weighted by atomic mass is 32.2. The Bertz CT molecular complexity index is 519. The van der Waals surface area contributed by atoms with Gasteiger partial charge in [-0.15, -0.1) is 0 Å². The van der Waals surface area contributed by atoms with Gasteiger partial charge in [-0.1, -0.05) is 12.1 Å². The average molecular weight is 239 g/mol. The van der Waals surface area contributed by atoms with Crippen molar-refractivity contribution in [1.82, 2.24) is 0 Å². The third kappa shape index (κ3) is 2.15. The summed E-state index contributed by atoms with van der Waals surface area (Å²) in [5.74, 6) is 0.563. The summed E-state index contributed by atoms with van der Waals surface area (Å²) in [7, 11) is -3.62. The van der Waals surface area contributed by atoms with Crippen molar-refractivity contribution in [3.8, 4) is 0 Å². The Kier molecular flexibility index (Phi) is 2.59. The molecule has 0 bridgehead atoms. The molecule has 0 radical (unpaired) electrons. The number of nitrogens with two attached hydrogens (primary N) is 1. The third-order valence-corrected chi connectivity index (χ3v) is 3.88. The lowest BCUT2D eigenvalue weighted by Crippen LogP contribution is -2.11. The molecule has 2 rings (SSSR count). The van der Waals surface area contributed by atoms with Gasteiger partial charge in [0.25, 0.3) is 0 Å². The van der Waals surface area contributed by atoms with Crippen LogP contribution in [0, 0.1) is 5.92 Å². The Morgan fingerprint density at radius 2 is 1.88 bits per heavy atom. The van der Waals surface area contributed by atoms with Crippen LogP contribution in [0.3, 0.4) is 0 Å². The molecule has 0 heterocycles. The minimum absolute atomic E-state index is 0.108. The lowest BCUT2D eigenvalue weighted by Gasteiger charge is -2.01. The fraction of sp³-hybridized carbons (Fsp3) is 0.364. The number of hydrogen-bond donors (Lipinski definition) is 1. The van der Waals surface area contributed by atoms with E-state index in [2.05, 4.69) is 0 Å². The van der Waals surface area contributed by atoms with E-state index in [1.165, 1.54) is 12.1 Å². The molecule has 1 aliphatic rings. The van der Waals surface area contributed by atoms with Crippen molar-refractivity contribution in [2.45, 2.75) is 24.2 Å². The van der Waals surface area contributed by atoms with Crippen molar-refractivity contribution >= 4 is 15.8 Å². The van der Waals surface area contributed by atoms with E-state index in [-0.39, 0.29) is 22.5 Å². The molecular formula is C11H13NO3S. The van der Waals surface area contributed by atoms with Crippen molar-refractivity contribution in [3.05, 3.63) is 29.8 Å². The van der Waals surface area contributed by atoms with Crippen LogP contribution >= 0.6 is 0 Å². The first-order chi connectivity index (χ1) is 7.39. The number of benzene rings is 1. The van der Waals surface area contributed by atoms with E-state index >= 15 is 0 Å². The van der Waals surface area contributed by atoms with Gasteiger partial charge in [-0.05, 0) is 37.0 Å². The van der Waals surface area contributed by atoms with Gasteiger partial charge in [-0.3, -0.25) is 4.79 Å². The molecule has 86 valence electrons. The molecule has 0 spiro atoms. The molecule has 4 nitrogen and oxygen atoms in total. The van der Waals surface area contributed by atoms with Crippen LogP contribution in [0.15, 0.2) is 29.2 Å². The Morgan fingerprint density at radius 1 is 1.31 bits per heavy atom. The van der Waals surface area contributed by atoms with E-state index in [4.69, 9.17) is 5.14 Å². The van der Waals surface area contributed by atoms with Gasteiger partial charge in [0.1, 0.15) is 5.78 Å². The van der Waals surface area contributed by atoms with E-state index in [9.17, 15) is 13.2 Å². The predicted octanol–water partition coefficient (Wildman–Crippen LogP) is 1.03. The van der Waals surface area contributed by atoms with Gasteiger partial charge in [0.15, 0.2) is 0 Å². The second-order valence-electron chi connectivity index (χ2n) is 4.17. The van der Waals surface area contributed by atoms with Crippen LogP contribution in [-0.2, 0) is 14.8 Å². The van der Waals surface area contributed by atoms with Crippen LogP contribution in [0.2, 0.25) is 0 Å². The summed E-state index contributed by atoms with van der Waals surface area (Å²) in [5, 5.41) is 4.99. The Morgan fingerprint density at radius 3 is 2.25 bits per heavy atom. The van der Waals surface area contributed by atoms with Gasteiger partial charge in [-0.2, -0.15) is 0 Å². The van der Waals surface area contributed by atoms with E-state index in [1.807, 2.05) is 0 Å².